The highest BCUT2D eigenvalue weighted by Crippen LogP contribution is 2.31. The van der Waals surface area contributed by atoms with Crippen LogP contribution in [0.25, 0.3) is 0 Å². The van der Waals surface area contributed by atoms with E-state index in [1.165, 1.54) is 11.3 Å². The van der Waals surface area contributed by atoms with Crippen LogP contribution in [0.5, 0.6) is 5.75 Å². The molecule has 0 atom stereocenters. The summed E-state index contributed by atoms with van der Waals surface area (Å²) in [5.41, 5.74) is 8.01. The van der Waals surface area contributed by atoms with Gasteiger partial charge in [-0.2, -0.15) is 0 Å². The van der Waals surface area contributed by atoms with Gasteiger partial charge in [0.05, 0.1) is 23.4 Å². The van der Waals surface area contributed by atoms with E-state index in [1.54, 1.807) is 19.2 Å². The Labute approximate surface area is 116 Å². The smallest absolute Gasteiger partial charge is 0.259 e. The molecule has 0 radical (unpaired) electrons. The summed E-state index contributed by atoms with van der Waals surface area (Å²) in [6.45, 7) is 3.86. The van der Waals surface area contributed by atoms with E-state index in [4.69, 9.17) is 10.5 Å². The molecule has 2 aromatic rings. The Kier molecular flexibility index (Phi) is 3.76. The molecule has 1 amide bonds. The van der Waals surface area contributed by atoms with Gasteiger partial charge in [0.1, 0.15) is 5.75 Å². The number of nitrogens with two attached hydrogens (primary N) is 1. The van der Waals surface area contributed by atoms with Gasteiger partial charge in [0, 0.05) is 4.88 Å². The average molecular weight is 276 g/mol. The fraction of sp³-hybridized carbons (Fsp3) is 0.214. The lowest BCUT2D eigenvalue weighted by molar-refractivity contribution is 0.102. The highest BCUT2D eigenvalue weighted by molar-refractivity contribution is 7.16. The van der Waals surface area contributed by atoms with Gasteiger partial charge in [-0.3, -0.25) is 4.79 Å². The third kappa shape index (κ3) is 2.56. The zero-order chi connectivity index (χ0) is 14.0. The monoisotopic (exact) mass is 276 g/mol. The van der Waals surface area contributed by atoms with Crippen molar-refractivity contribution in [2.75, 3.05) is 18.2 Å². The molecule has 3 N–H and O–H groups in total. The number of carbonyl (C=O) groups is 1. The highest BCUT2D eigenvalue weighted by Gasteiger charge is 2.18. The molecule has 0 unspecified atom stereocenters. The van der Waals surface area contributed by atoms with Crippen molar-refractivity contribution in [3.63, 3.8) is 0 Å². The zero-order valence-corrected chi connectivity index (χ0v) is 11.9. The second-order valence-electron chi connectivity index (χ2n) is 4.18. The maximum Gasteiger partial charge on any atom is 0.259 e. The molecule has 1 aromatic carbocycles. The molecule has 19 heavy (non-hydrogen) atoms. The predicted octanol–water partition coefficient (Wildman–Crippen LogP) is 3.21. The number of ether oxygens (including phenoxy) is 1. The summed E-state index contributed by atoms with van der Waals surface area (Å²) in [6.07, 6.45) is 0. The molecule has 0 aliphatic rings. The van der Waals surface area contributed by atoms with Crippen molar-refractivity contribution in [2.45, 2.75) is 13.8 Å². The Balaban J connectivity index is 2.31. The number of nitrogens with one attached hydrogen (secondary N) is 1. The fourth-order valence-electron chi connectivity index (χ4n) is 1.87. The number of para-hydroxylation sites is 2. The molecule has 1 heterocycles. The molecule has 1 aromatic heterocycles. The number of aryl methyl sites for hydroxylation is 1. The van der Waals surface area contributed by atoms with E-state index in [2.05, 4.69) is 5.32 Å². The largest absolute Gasteiger partial charge is 0.495 e. The van der Waals surface area contributed by atoms with Crippen LogP contribution in [0.4, 0.5) is 10.7 Å². The number of amides is 1. The van der Waals surface area contributed by atoms with E-state index in [-0.39, 0.29) is 5.91 Å². The molecule has 4 nitrogen and oxygen atoms in total. The van der Waals surface area contributed by atoms with E-state index in [1.807, 2.05) is 26.0 Å². The van der Waals surface area contributed by atoms with Crippen LogP contribution in [0, 0.1) is 13.8 Å². The second kappa shape index (κ2) is 5.32. The summed E-state index contributed by atoms with van der Waals surface area (Å²) < 4.78 is 5.20. The van der Waals surface area contributed by atoms with Gasteiger partial charge in [-0.1, -0.05) is 12.1 Å². The molecule has 2 rings (SSSR count). The Bertz CT molecular complexity index is 620. The Morgan fingerprint density at radius 2 is 2.00 bits per heavy atom. The number of rotatable bonds is 3. The number of nitrogen functional groups attached to an aromatic ring is 1. The van der Waals surface area contributed by atoms with Crippen molar-refractivity contribution in [3.05, 3.63) is 40.3 Å². The van der Waals surface area contributed by atoms with Crippen LogP contribution in [0.3, 0.4) is 0 Å². The minimum atomic E-state index is -0.205. The molecule has 0 saturated heterocycles. The lowest BCUT2D eigenvalue weighted by Gasteiger charge is -2.10. The van der Waals surface area contributed by atoms with Crippen LogP contribution < -0.4 is 15.8 Å². The number of benzene rings is 1. The molecule has 0 fully saturated rings. The van der Waals surface area contributed by atoms with Gasteiger partial charge in [-0.05, 0) is 31.5 Å². The minimum absolute atomic E-state index is 0.205. The van der Waals surface area contributed by atoms with Gasteiger partial charge < -0.3 is 15.8 Å². The minimum Gasteiger partial charge on any atom is -0.495 e. The van der Waals surface area contributed by atoms with E-state index in [9.17, 15) is 4.79 Å². The maximum atomic E-state index is 12.3. The third-order valence-corrected chi connectivity index (χ3v) is 4.03. The molecule has 0 aliphatic carbocycles. The van der Waals surface area contributed by atoms with Gasteiger partial charge in [-0.15, -0.1) is 11.3 Å². The van der Waals surface area contributed by atoms with Crippen LogP contribution in [-0.2, 0) is 0 Å². The van der Waals surface area contributed by atoms with Crippen molar-refractivity contribution < 1.29 is 9.53 Å². The van der Waals surface area contributed by atoms with Gasteiger partial charge in [0.15, 0.2) is 0 Å². The summed E-state index contributed by atoms with van der Waals surface area (Å²) in [7, 11) is 1.57. The summed E-state index contributed by atoms with van der Waals surface area (Å²) in [5.74, 6) is 0.419. The van der Waals surface area contributed by atoms with Crippen molar-refractivity contribution in [1.82, 2.24) is 0 Å². The lowest BCUT2D eigenvalue weighted by atomic mass is 10.1. The predicted molar refractivity (Wildman–Crippen MR) is 79.2 cm³/mol. The summed E-state index contributed by atoms with van der Waals surface area (Å²) in [5, 5.41) is 3.38. The molecule has 0 bridgehead atoms. The molecule has 5 heteroatoms. The van der Waals surface area contributed by atoms with Crippen molar-refractivity contribution in [2.24, 2.45) is 0 Å². The quantitative estimate of drug-likeness (QED) is 0.904. The number of methoxy groups -OCH3 is 1. The Morgan fingerprint density at radius 1 is 1.32 bits per heavy atom. The Morgan fingerprint density at radius 3 is 2.58 bits per heavy atom. The number of hydrogen-bond donors (Lipinski definition) is 2. The molecule has 0 aliphatic heterocycles. The molecule has 0 saturated carbocycles. The van der Waals surface area contributed by atoms with E-state index < -0.39 is 0 Å². The maximum absolute atomic E-state index is 12.3. The zero-order valence-electron chi connectivity index (χ0n) is 11.1. The normalized spacial score (nSPS) is 10.3. The fourth-order valence-corrected chi connectivity index (χ4v) is 2.80. The van der Waals surface area contributed by atoms with Gasteiger partial charge in [0.2, 0.25) is 0 Å². The summed E-state index contributed by atoms with van der Waals surface area (Å²) in [6, 6.07) is 7.28. The first-order valence-electron chi connectivity index (χ1n) is 5.84. The van der Waals surface area contributed by atoms with E-state index >= 15 is 0 Å². The molecular weight excluding hydrogens is 260 g/mol. The van der Waals surface area contributed by atoms with Crippen LogP contribution in [-0.4, -0.2) is 13.0 Å². The van der Waals surface area contributed by atoms with Gasteiger partial charge in [0.25, 0.3) is 5.91 Å². The van der Waals surface area contributed by atoms with Gasteiger partial charge in [-0.25, -0.2) is 0 Å². The second-order valence-corrected chi connectivity index (χ2v) is 5.43. The molecule has 0 spiro atoms. The lowest BCUT2D eigenvalue weighted by Crippen LogP contribution is -2.14. The molecular formula is C14H16N2O2S. The SMILES string of the molecule is COc1ccccc1NC(=O)c1c(N)sc(C)c1C. The van der Waals surface area contributed by atoms with Crippen molar-refractivity contribution >= 4 is 27.9 Å². The van der Waals surface area contributed by atoms with Crippen molar-refractivity contribution in [3.8, 4) is 5.75 Å². The van der Waals surface area contributed by atoms with E-state index in [0.29, 0.717) is 22.0 Å². The summed E-state index contributed by atoms with van der Waals surface area (Å²) >= 11 is 1.43. The van der Waals surface area contributed by atoms with Crippen molar-refractivity contribution in [1.29, 1.82) is 0 Å². The standard InChI is InChI=1S/C14H16N2O2S/c1-8-9(2)19-13(15)12(8)14(17)16-10-6-4-5-7-11(10)18-3/h4-7H,15H2,1-3H3,(H,16,17). The van der Waals surface area contributed by atoms with Crippen LogP contribution in [0.2, 0.25) is 0 Å². The first-order valence-corrected chi connectivity index (χ1v) is 6.66. The average Bonchev–Trinajstić information content (AvgIpc) is 2.64. The van der Waals surface area contributed by atoms with Crippen LogP contribution in [0.15, 0.2) is 24.3 Å². The van der Waals surface area contributed by atoms with Gasteiger partial charge >= 0.3 is 0 Å². The first-order chi connectivity index (χ1) is 9.04. The number of hydrogen-bond acceptors (Lipinski definition) is 4. The molecule has 100 valence electrons. The van der Waals surface area contributed by atoms with E-state index in [0.717, 1.165) is 10.4 Å². The van der Waals surface area contributed by atoms with Crippen LogP contribution in [0.1, 0.15) is 20.8 Å². The first kappa shape index (κ1) is 13.4. The third-order valence-electron chi connectivity index (χ3n) is 2.99. The summed E-state index contributed by atoms with van der Waals surface area (Å²) in [4.78, 5) is 13.4. The highest BCUT2D eigenvalue weighted by atomic mass is 32.1. The topological polar surface area (TPSA) is 64.3 Å². The number of thiophene rings is 1. The van der Waals surface area contributed by atoms with Crippen LogP contribution >= 0.6 is 11.3 Å². The number of anilines is 2. The number of carbonyl (C=O) groups excluding carboxylic acids is 1. The Hall–Kier alpha value is -2.01.